The van der Waals surface area contributed by atoms with Gasteiger partial charge in [-0.25, -0.2) is 0 Å². The van der Waals surface area contributed by atoms with Crippen LogP contribution in [-0.4, -0.2) is 4.98 Å². The maximum Gasteiger partial charge on any atom is 0.0704 e. The van der Waals surface area contributed by atoms with Crippen molar-refractivity contribution in [1.29, 1.82) is 0 Å². The predicted octanol–water partition coefficient (Wildman–Crippen LogP) is 5.30. The molecular weight excluding hydrogens is 230 g/mol. The molecule has 2 rings (SSSR count). The largest absolute Gasteiger partial charge is 0.256 e. The van der Waals surface area contributed by atoms with Crippen LogP contribution in [-0.2, 0) is 0 Å². The van der Waals surface area contributed by atoms with E-state index in [1.165, 1.54) is 22.3 Å². The molecule has 0 saturated heterocycles. The van der Waals surface area contributed by atoms with Crippen LogP contribution in [0.2, 0.25) is 0 Å². The van der Waals surface area contributed by atoms with E-state index in [-0.39, 0.29) is 0 Å². The van der Waals surface area contributed by atoms with Gasteiger partial charge in [-0.2, -0.15) is 0 Å². The molecule has 1 aromatic carbocycles. The molecule has 0 saturated carbocycles. The molecule has 0 aliphatic heterocycles. The number of nitrogens with zero attached hydrogens (tertiary/aromatic N) is 1. The molecule has 0 unspecified atom stereocenters. The molecule has 1 heterocycles. The number of hydrogen-bond acceptors (Lipinski definition) is 1. The van der Waals surface area contributed by atoms with Gasteiger partial charge in [0.25, 0.3) is 0 Å². The molecule has 0 bridgehead atoms. The monoisotopic (exact) mass is 253 g/mol. The van der Waals surface area contributed by atoms with Crippen LogP contribution in [0.15, 0.2) is 36.5 Å². The highest BCUT2D eigenvalue weighted by Gasteiger charge is 2.07. The van der Waals surface area contributed by atoms with Crippen LogP contribution in [0.3, 0.4) is 0 Å². The Kier molecular flexibility index (Phi) is 4.04. The first-order chi connectivity index (χ1) is 8.99. The third-order valence-corrected chi connectivity index (χ3v) is 3.65. The Morgan fingerprint density at radius 1 is 0.842 bits per heavy atom. The highest BCUT2D eigenvalue weighted by atomic mass is 14.7. The molecule has 0 atom stereocenters. The summed E-state index contributed by atoms with van der Waals surface area (Å²) in [6.45, 7) is 11.0. The van der Waals surface area contributed by atoms with Crippen molar-refractivity contribution in [2.75, 3.05) is 0 Å². The summed E-state index contributed by atoms with van der Waals surface area (Å²) >= 11 is 0. The van der Waals surface area contributed by atoms with Crippen LogP contribution in [0.1, 0.15) is 56.2 Å². The van der Waals surface area contributed by atoms with Crippen molar-refractivity contribution in [2.45, 2.75) is 46.5 Å². The summed E-state index contributed by atoms with van der Waals surface area (Å²) in [5.74, 6) is 1.11. The SMILES string of the molecule is Cc1cc(C(C)C)ccc1-c1ccc(C(C)C)cn1. The molecule has 0 N–H and O–H groups in total. The molecule has 0 fully saturated rings. The quantitative estimate of drug-likeness (QED) is 0.723. The Hall–Kier alpha value is -1.63. The van der Waals surface area contributed by atoms with Gasteiger partial charge in [-0.1, -0.05) is 52.0 Å². The summed E-state index contributed by atoms with van der Waals surface area (Å²) in [6.07, 6.45) is 2.00. The maximum absolute atomic E-state index is 4.61. The minimum absolute atomic E-state index is 0.533. The van der Waals surface area contributed by atoms with Crippen LogP contribution < -0.4 is 0 Å². The van der Waals surface area contributed by atoms with Gasteiger partial charge < -0.3 is 0 Å². The van der Waals surface area contributed by atoms with Crippen LogP contribution in [0.25, 0.3) is 11.3 Å². The number of benzene rings is 1. The van der Waals surface area contributed by atoms with Crippen molar-refractivity contribution < 1.29 is 0 Å². The van der Waals surface area contributed by atoms with E-state index in [0.717, 1.165) is 5.69 Å². The second-order valence-electron chi connectivity index (χ2n) is 5.86. The zero-order valence-electron chi connectivity index (χ0n) is 12.6. The van der Waals surface area contributed by atoms with E-state index in [9.17, 15) is 0 Å². The van der Waals surface area contributed by atoms with E-state index in [0.29, 0.717) is 11.8 Å². The molecule has 0 spiro atoms. The van der Waals surface area contributed by atoms with Crippen LogP contribution in [0, 0.1) is 6.92 Å². The van der Waals surface area contributed by atoms with Gasteiger partial charge in [0.15, 0.2) is 0 Å². The normalized spacial score (nSPS) is 11.3. The van der Waals surface area contributed by atoms with Crippen LogP contribution in [0.5, 0.6) is 0 Å². The zero-order valence-corrected chi connectivity index (χ0v) is 12.6. The third-order valence-electron chi connectivity index (χ3n) is 3.65. The summed E-state index contributed by atoms with van der Waals surface area (Å²) in [5.41, 5.74) is 6.29. The fourth-order valence-corrected chi connectivity index (χ4v) is 2.24. The van der Waals surface area contributed by atoms with E-state index in [2.05, 4.69) is 69.9 Å². The van der Waals surface area contributed by atoms with Crippen molar-refractivity contribution in [3.05, 3.63) is 53.2 Å². The van der Waals surface area contributed by atoms with E-state index in [1.54, 1.807) is 0 Å². The van der Waals surface area contributed by atoms with Gasteiger partial charge in [-0.05, 0) is 41.5 Å². The van der Waals surface area contributed by atoms with Crippen molar-refractivity contribution in [3.63, 3.8) is 0 Å². The molecule has 0 aliphatic carbocycles. The number of aryl methyl sites for hydroxylation is 1. The van der Waals surface area contributed by atoms with E-state index >= 15 is 0 Å². The second-order valence-corrected chi connectivity index (χ2v) is 5.86. The molecule has 100 valence electrons. The number of hydrogen-bond donors (Lipinski definition) is 0. The average molecular weight is 253 g/mol. The Labute approximate surface area is 116 Å². The zero-order chi connectivity index (χ0) is 14.0. The van der Waals surface area contributed by atoms with Crippen molar-refractivity contribution >= 4 is 0 Å². The van der Waals surface area contributed by atoms with Crippen molar-refractivity contribution in [2.24, 2.45) is 0 Å². The standard InChI is InChI=1S/C18H23N/c1-12(2)15-6-8-17(14(5)10-15)18-9-7-16(11-19-18)13(3)4/h6-13H,1-5H3. The molecule has 1 aromatic heterocycles. The first-order valence-electron chi connectivity index (χ1n) is 7.06. The lowest BCUT2D eigenvalue weighted by Crippen LogP contribution is -1.94. The highest BCUT2D eigenvalue weighted by Crippen LogP contribution is 2.26. The predicted molar refractivity (Wildman–Crippen MR) is 82.6 cm³/mol. The van der Waals surface area contributed by atoms with E-state index in [4.69, 9.17) is 0 Å². The number of aromatic nitrogens is 1. The van der Waals surface area contributed by atoms with Crippen molar-refractivity contribution in [1.82, 2.24) is 4.98 Å². The van der Waals surface area contributed by atoms with Crippen molar-refractivity contribution in [3.8, 4) is 11.3 Å². The lowest BCUT2D eigenvalue weighted by molar-refractivity contribution is 0.858. The lowest BCUT2D eigenvalue weighted by Gasteiger charge is -2.11. The molecular formula is C18H23N. The van der Waals surface area contributed by atoms with Gasteiger partial charge in [0.1, 0.15) is 0 Å². The number of rotatable bonds is 3. The second kappa shape index (κ2) is 5.56. The van der Waals surface area contributed by atoms with Gasteiger partial charge in [-0.3, -0.25) is 4.98 Å². The summed E-state index contributed by atoms with van der Waals surface area (Å²) < 4.78 is 0. The molecule has 19 heavy (non-hydrogen) atoms. The van der Waals surface area contributed by atoms with E-state index in [1.807, 2.05) is 6.20 Å². The molecule has 1 heteroatoms. The Morgan fingerprint density at radius 2 is 1.47 bits per heavy atom. The highest BCUT2D eigenvalue weighted by molar-refractivity contribution is 5.64. The first kappa shape index (κ1) is 13.8. The van der Waals surface area contributed by atoms with Crippen LogP contribution in [0.4, 0.5) is 0 Å². The van der Waals surface area contributed by atoms with Crippen LogP contribution >= 0.6 is 0 Å². The van der Waals surface area contributed by atoms with Gasteiger partial charge in [0.2, 0.25) is 0 Å². The van der Waals surface area contributed by atoms with Gasteiger partial charge in [0, 0.05) is 11.8 Å². The van der Waals surface area contributed by atoms with E-state index < -0.39 is 0 Å². The third kappa shape index (κ3) is 3.04. The summed E-state index contributed by atoms with van der Waals surface area (Å²) in [6, 6.07) is 11.0. The van der Waals surface area contributed by atoms with Gasteiger partial charge in [-0.15, -0.1) is 0 Å². The molecule has 0 amide bonds. The molecule has 0 aliphatic rings. The Morgan fingerprint density at radius 3 is 1.95 bits per heavy atom. The first-order valence-corrected chi connectivity index (χ1v) is 7.06. The molecule has 0 radical (unpaired) electrons. The lowest BCUT2D eigenvalue weighted by atomic mass is 9.96. The summed E-state index contributed by atoms with van der Waals surface area (Å²) in [5, 5.41) is 0. The Bertz CT molecular complexity index is 550. The summed E-state index contributed by atoms with van der Waals surface area (Å²) in [7, 11) is 0. The summed E-state index contributed by atoms with van der Waals surface area (Å²) in [4.78, 5) is 4.61. The molecule has 1 nitrogen and oxygen atoms in total. The Balaban J connectivity index is 2.36. The maximum atomic E-state index is 4.61. The van der Waals surface area contributed by atoms with Gasteiger partial charge >= 0.3 is 0 Å². The van der Waals surface area contributed by atoms with Gasteiger partial charge in [0.05, 0.1) is 5.69 Å². The fourth-order valence-electron chi connectivity index (χ4n) is 2.24. The topological polar surface area (TPSA) is 12.9 Å². The minimum Gasteiger partial charge on any atom is -0.256 e. The average Bonchev–Trinajstić information content (AvgIpc) is 2.38. The fraction of sp³-hybridized carbons (Fsp3) is 0.389. The smallest absolute Gasteiger partial charge is 0.0704 e. The minimum atomic E-state index is 0.533. The molecule has 2 aromatic rings. The number of pyridine rings is 1.